The molecule has 4 heteroatoms. The molecule has 1 amide bonds. The first-order chi connectivity index (χ1) is 9.06. The van der Waals surface area contributed by atoms with Gasteiger partial charge in [-0.05, 0) is 50.1 Å². The van der Waals surface area contributed by atoms with Crippen molar-refractivity contribution < 1.29 is 9.53 Å². The van der Waals surface area contributed by atoms with Crippen LogP contribution in [0.15, 0.2) is 18.2 Å². The van der Waals surface area contributed by atoms with E-state index >= 15 is 0 Å². The number of hydrogen-bond acceptors (Lipinski definition) is 3. The number of amides is 1. The van der Waals surface area contributed by atoms with Gasteiger partial charge < -0.3 is 15.0 Å². The molecular weight excluding hydrogens is 240 g/mol. The maximum atomic E-state index is 12.0. The third-order valence-electron chi connectivity index (χ3n) is 3.53. The molecule has 104 valence electrons. The van der Waals surface area contributed by atoms with Crippen LogP contribution in [-0.2, 0) is 4.79 Å². The van der Waals surface area contributed by atoms with Crippen LogP contribution in [0.5, 0.6) is 5.75 Å². The second-order valence-electron chi connectivity index (χ2n) is 5.26. The molecule has 0 aliphatic carbocycles. The van der Waals surface area contributed by atoms with Gasteiger partial charge in [-0.2, -0.15) is 0 Å². The maximum absolute atomic E-state index is 12.0. The normalized spacial score (nSPS) is 18.4. The van der Waals surface area contributed by atoms with E-state index in [0.717, 1.165) is 36.4 Å². The average molecular weight is 262 g/mol. The molecule has 2 rings (SSSR count). The van der Waals surface area contributed by atoms with E-state index in [1.54, 1.807) is 4.90 Å². The molecule has 1 aromatic carbocycles. The highest BCUT2D eigenvalue weighted by Gasteiger charge is 2.23. The average Bonchev–Trinajstić information content (AvgIpc) is 2.87. The van der Waals surface area contributed by atoms with E-state index in [1.807, 2.05) is 33.0 Å². The van der Waals surface area contributed by atoms with Gasteiger partial charge in [-0.25, -0.2) is 0 Å². The molecule has 1 unspecified atom stereocenters. The molecule has 1 aromatic rings. The van der Waals surface area contributed by atoms with Crippen molar-refractivity contribution in [2.75, 3.05) is 26.7 Å². The van der Waals surface area contributed by atoms with Crippen LogP contribution in [0.4, 0.5) is 0 Å². The Morgan fingerprint density at radius 2 is 2.05 bits per heavy atom. The zero-order valence-corrected chi connectivity index (χ0v) is 11.9. The predicted molar refractivity (Wildman–Crippen MR) is 75.5 cm³/mol. The summed E-state index contributed by atoms with van der Waals surface area (Å²) in [7, 11) is 1.85. The molecule has 0 saturated carbocycles. The lowest BCUT2D eigenvalue weighted by Crippen LogP contribution is -2.40. The Hall–Kier alpha value is -1.55. The van der Waals surface area contributed by atoms with Gasteiger partial charge in [0, 0.05) is 19.6 Å². The summed E-state index contributed by atoms with van der Waals surface area (Å²) in [6, 6.07) is 6.30. The smallest absolute Gasteiger partial charge is 0.260 e. The van der Waals surface area contributed by atoms with E-state index < -0.39 is 0 Å². The number of likely N-dealkylation sites (N-methyl/N-ethyl adjacent to an activating group) is 1. The van der Waals surface area contributed by atoms with E-state index in [1.165, 1.54) is 0 Å². The molecule has 1 atom stereocenters. The van der Waals surface area contributed by atoms with Crippen molar-refractivity contribution in [3.05, 3.63) is 29.3 Å². The van der Waals surface area contributed by atoms with Gasteiger partial charge in [0.15, 0.2) is 6.61 Å². The van der Waals surface area contributed by atoms with Crippen LogP contribution in [0.2, 0.25) is 0 Å². The second kappa shape index (κ2) is 6.06. The zero-order valence-electron chi connectivity index (χ0n) is 11.9. The van der Waals surface area contributed by atoms with Gasteiger partial charge in [-0.15, -0.1) is 0 Å². The Morgan fingerprint density at radius 3 is 2.63 bits per heavy atom. The molecule has 1 aliphatic rings. The Kier molecular flexibility index (Phi) is 4.43. The molecule has 1 heterocycles. The van der Waals surface area contributed by atoms with Crippen molar-refractivity contribution in [2.24, 2.45) is 0 Å². The van der Waals surface area contributed by atoms with Crippen molar-refractivity contribution in [1.82, 2.24) is 10.2 Å². The number of rotatable bonds is 4. The summed E-state index contributed by atoms with van der Waals surface area (Å²) in [4.78, 5) is 13.8. The quantitative estimate of drug-likeness (QED) is 0.894. The van der Waals surface area contributed by atoms with E-state index in [0.29, 0.717) is 6.04 Å². The molecule has 4 nitrogen and oxygen atoms in total. The first-order valence-corrected chi connectivity index (χ1v) is 6.74. The Labute approximate surface area is 114 Å². The van der Waals surface area contributed by atoms with Crippen molar-refractivity contribution in [1.29, 1.82) is 0 Å². The summed E-state index contributed by atoms with van der Waals surface area (Å²) in [6.45, 7) is 6.03. The van der Waals surface area contributed by atoms with Gasteiger partial charge in [0.1, 0.15) is 5.75 Å². The lowest BCUT2D eigenvalue weighted by atomic mass is 10.1. The molecule has 1 saturated heterocycles. The summed E-state index contributed by atoms with van der Waals surface area (Å²) in [5.41, 5.74) is 2.30. The van der Waals surface area contributed by atoms with Gasteiger partial charge in [-0.1, -0.05) is 6.07 Å². The SMILES string of the molecule is Cc1cc(C)cc(OCC(=O)N(C)C2CCNC2)c1. The maximum Gasteiger partial charge on any atom is 0.260 e. The number of carbonyl (C=O) groups excluding carboxylic acids is 1. The zero-order chi connectivity index (χ0) is 13.8. The number of nitrogens with zero attached hydrogens (tertiary/aromatic N) is 1. The van der Waals surface area contributed by atoms with Crippen LogP contribution in [0.1, 0.15) is 17.5 Å². The number of nitrogens with one attached hydrogen (secondary N) is 1. The largest absolute Gasteiger partial charge is 0.484 e. The van der Waals surface area contributed by atoms with Crippen molar-refractivity contribution in [3.8, 4) is 5.75 Å². The topological polar surface area (TPSA) is 41.6 Å². The Balaban J connectivity index is 1.88. The van der Waals surface area contributed by atoms with Gasteiger partial charge in [0.2, 0.25) is 0 Å². The number of carbonyl (C=O) groups is 1. The standard InChI is InChI=1S/C15H22N2O2/c1-11-6-12(2)8-14(7-11)19-10-15(18)17(3)13-4-5-16-9-13/h6-8,13,16H,4-5,9-10H2,1-3H3. The minimum atomic E-state index is 0.0351. The highest BCUT2D eigenvalue weighted by Crippen LogP contribution is 2.16. The predicted octanol–water partition coefficient (Wildman–Crippen LogP) is 1.50. The van der Waals surface area contributed by atoms with Gasteiger partial charge in [0.25, 0.3) is 5.91 Å². The summed E-state index contributed by atoms with van der Waals surface area (Å²) < 4.78 is 5.60. The van der Waals surface area contributed by atoms with E-state index in [2.05, 4.69) is 11.4 Å². The molecule has 1 fully saturated rings. The first-order valence-electron chi connectivity index (χ1n) is 6.74. The van der Waals surface area contributed by atoms with Crippen LogP contribution in [-0.4, -0.2) is 43.6 Å². The molecule has 1 aliphatic heterocycles. The highest BCUT2D eigenvalue weighted by atomic mass is 16.5. The number of aryl methyl sites for hydroxylation is 2. The van der Waals surface area contributed by atoms with Gasteiger partial charge >= 0.3 is 0 Å². The molecule has 0 spiro atoms. The van der Waals surface area contributed by atoms with Crippen LogP contribution in [0, 0.1) is 13.8 Å². The summed E-state index contributed by atoms with van der Waals surface area (Å²) >= 11 is 0. The van der Waals surface area contributed by atoms with Crippen molar-refractivity contribution in [3.63, 3.8) is 0 Å². The van der Waals surface area contributed by atoms with E-state index in [4.69, 9.17) is 4.74 Å². The second-order valence-corrected chi connectivity index (χ2v) is 5.26. The molecule has 0 aromatic heterocycles. The van der Waals surface area contributed by atoms with Crippen molar-refractivity contribution in [2.45, 2.75) is 26.3 Å². The minimum Gasteiger partial charge on any atom is -0.484 e. The monoisotopic (exact) mass is 262 g/mol. The first kappa shape index (κ1) is 13.9. The lowest BCUT2D eigenvalue weighted by molar-refractivity contribution is -0.133. The number of hydrogen-bond donors (Lipinski definition) is 1. The molecule has 19 heavy (non-hydrogen) atoms. The van der Waals surface area contributed by atoms with Crippen LogP contribution >= 0.6 is 0 Å². The summed E-state index contributed by atoms with van der Waals surface area (Å²) in [5, 5.41) is 3.26. The fraction of sp³-hybridized carbons (Fsp3) is 0.533. The Bertz CT molecular complexity index is 433. The van der Waals surface area contributed by atoms with Crippen LogP contribution < -0.4 is 10.1 Å². The molecule has 0 bridgehead atoms. The minimum absolute atomic E-state index is 0.0351. The number of ether oxygens (including phenoxy) is 1. The molecule has 0 radical (unpaired) electrons. The molecular formula is C15H22N2O2. The fourth-order valence-corrected chi connectivity index (χ4v) is 2.44. The fourth-order valence-electron chi connectivity index (χ4n) is 2.44. The molecule has 1 N–H and O–H groups in total. The number of benzene rings is 1. The summed E-state index contributed by atoms with van der Waals surface area (Å²) in [5.74, 6) is 0.802. The lowest BCUT2D eigenvalue weighted by Gasteiger charge is -2.23. The third-order valence-corrected chi connectivity index (χ3v) is 3.53. The highest BCUT2D eigenvalue weighted by molar-refractivity contribution is 5.77. The Morgan fingerprint density at radius 1 is 1.37 bits per heavy atom. The van der Waals surface area contributed by atoms with E-state index in [9.17, 15) is 4.79 Å². The van der Waals surface area contributed by atoms with Crippen LogP contribution in [0.25, 0.3) is 0 Å². The van der Waals surface area contributed by atoms with Crippen LogP contribution in [0.3, 0.4) is 0 Å². The van der Waals surface area contributed by atoms with Gasteiger partial charge in [0.05, 0.1) is 0 Å². The third kappa shape index (κ3) is 3.70. The van der Waals surface area contributed by atoms with E-state index in [-0.39, 0.29) is 12.5 Å². The van der Waals surface area contributed by atoms with Crippen molar-refractivity contribution >= 4 is 5.91 Å². The van der Waals surface area contributed by atoms with Gasteiger partial charge in [-0.3, -0.25) is 4.79 Å². The summed E-state index contributed by atoms with van der Waals surface area (Å²) in [6.07, 6.45) is 1.02.